The fraction of sp³-hybridized carbons (Fsp3) is 0.385. The second kappa shape index (κ2) is 8.51. The summed E-state index contributed by atoms with van der Waals surface area (Å²) in [5, 5.41) is 3.87. The first-order valence-corrected chi connectivity index (χ1v) is 6.98. The minimum atomic E-state index is -4.50. The topological polar surface area (TPSA) is 84.2 Å². The van der Waals surface area contributed by atoms with Crippen LogP contribution in [0.1, 0.15) is 12.5 Å². The van der Waals surface area contributed by atoms with Gasteiger partial charge in [-0.1, -0.05) is 28.1 Å². The second-order valence-corrected chi connectivity index (χ2v) is 5.70. The van der Waals surface area contributed by atoms with Gasteiger partial charge in [0.2, 0.25) is 11.8 Å². The van der Waals surface area contributed by atoms with Crippen molar-refractivity contribution in [3.05, 3.63) is 34.3 Å². The molecule has 1 rings (SSSR count). The maximum Gasteiger partial charge on any atom is 0.405 e. The summed E-state index contributed by atoms with van der Waals surface area (Å²) in [7, 11) is 0. The van der Waals surface area contributed by atoms with Crippen molar-refractivity contribution in [2.24, 2.45) is 5.73 Å². The molecule has 4 N–H and O–H groups in total. The van der Waals surface area contributed by atoms with E-state index in [1.165, 1.54) is 6.92 Å². The smallest absolute Gasteiger partial charge is 0.345 e. The second-order valence-electron chi connectivity index (χ2n) is 4.78. The first-order valence-electron chi connectivity index (χ1n) is 6.19. The number of carbonyl (C=O) groups excluding carboxylic acids is 2. The lowest BCUT2D eigenvalue weighted by Crippen LogP contribution is -2.51. The molecular formula is C13H16BrClF3N3O2. The van der Waals surface area contributed by atoms with Gasteiger partial charge in [-0.25, -0.2) is 0 Å². The molecule has 0 heterocycles. The van der Waals surface area contributed by atoms with E-state index in [2.05, 4.69) is 21.2 Å². The zero-order valence-electron chi connectivity index (χ0n) is 12.0. The summed E-state index contributed by atoms with van der Waals surface area (Å²) in [6.07, 6.45) is -4.50. The predicted molar refractivity (Wildman–Crippen MR) is 85.0 cm³/mol. The van der Waals surface area contributed by atoms with Crippen LogP contribution in [0.2, 0.25) is 0 Å². The minimum Gasteiger partial charge on any atom is -0.345 e. The van der Waals surface area contributed by atoms with Gasteiger partial charge in [0, 0.05) is 4.47 Å². The van der Waals surface area contributed by atoms with Crippen molar-refractivity contribution in [1.29, 1.82) is 0 Å². The summed E-state index contributed by atoms with van der Waals surface area (Å²) < 4.78 is 36.6. The fourth-order valence-corrected chi connectivity index (χ4v) is 1.80. The number of hydrogen-bond donors (Lipinski definition) is 3. The molecule has 0 aliphatic heterocycles. The van der Waals surface area contributed by atoms with Gasteiger partial charge >= 0.3 is 6.18 Å². The Kier molecular flexibility index (Phi) is 8.02. The number of rotatable bonds is 5. The van der Waals surface area contributed by atoms with Crippen LogP contribution in [0, 0.1) is 0 Å². The van der Waals surface area contributed by atoms with Gasteiger partial charge in [-0.15, -0.1) is 12.4 Å². The average Bonchev–Trinajstić information content (AvgIpc) is 2.42. The van der Waals surface area contributed by atoms with Crippen molar-refractivity contribution >= 4 is 40.2 Å². The highest BCUT2D eigenvalue weighted by molar-refractivity contribution is 9.10. The number of carbonyl (C=O) groups is 2. The van der Waals surface area contributed by atoms with Crippen LogP contribution in [0.3, 0.4) is 0 Å². The maximum atomic E-state index is 12.0. The Labute approximate surface area is 145 Å². The van der Waals surface area contributed by atoms with Gasteiger partial charge in [-0.2, -0.15) is 13.2 Å². The number of hydrogen-bond acceptors (Lipinski definition) is 3. The molecule has 2 amide bonds. The van der Waals surface area contributed by atoms with E-state index < -0.39 is 36.6 Å². The molecule has 1 aromatic rings. The largest absolute Gasteiger partial charge is 0.405 e. The molecule has 1 aromatic carbocycles. The zero-order chi connectivity index (χ0) is 17.0. The van der Waals surface area contributed by atoms with Crippen LogP contribution in [-0.2, 0) is 15.1 Å². The van der Waals surface area contributed by atoms with Crippen LogP contribution < -0.4 is 16.4 Å². The van der Waals surface area contributed by atoms with E-state index in [0.717, 1.165) is 4.47 Å². The number of nitrogens with one attached hydrogen (secondary N) is 2. The third-order valence-corrected chi connectivity index (χ3v) is 3.34. The Morgan fingerprint density at radius 2 is 1.70 bits per heavy atom. The molecule has 0 saturated heterocycles. The van der Waals surface area contributed by atoms with Gasteiger partial charge in [0.05, 0.1) is 6.54 Å². The first-order chi connectivity index (χ1) is 10.0. The van der Waals surface area contributed by atoms with Crippen LogP contribution in [0.15, 0.2) is 28.7 Å². The average molecular weight is 419 g/mol. The Morgan fingerprint density at radius 1 is 1.17 bits per heavy atom. The van der Waals surface area contributed by atoms with Crippen molar-refractivity contribution in [3.63, 3.8) is 0 Å². The standard InChI is InChI=1S/C13H15BrF3N3O2.ClH/c1-12(18,8-2-4-9(14)5-3-8)11(22)19-6-10(21)20-7-13(15,16)17;/h2-5H,6-7,18H2,1H3,(H,19,22)(H,20,21);1H. The highest BCUT2D eigenvalue weighted by Crippen LogP contribution is 2.20. The van der Waals surface area contributed by atoms with Gasteiger partial charge in [-0.3, -0.25) is 9.59 Å². The summed E-state index contributed by atoms with van der Waals surface area (Å²) in [6, 6.07) is 6.66. The maximum absolute atomic E-state index is 12.0. The van der Waals surface area contributed by atoms with Crippen molar-refractivity contribution in [3.8, 4) is 0 Å². The Morgan fingerprint density at radius 3 is 2.17 bits per heavy atom. The third kappa shape index (κ3) is 7.19. The summed E-state index contributed by atoms with van der Waals surface area (Å²) in [5.41, 5.74) is 5.01. The normalized spacial score (nSPS) is 13.5. The molecule has 0 radical (unpaired) electrons. The van der Waals surface area contributed by atoms with E-state index >= 15 is 0 Å². The molecule has 130 valence electrons. The fourth-order valence-electron chi connectivity index (χ4n) is 1.53. The molecule has 0 fully saturated rings. The van der Waals surface area contributed by atoms with Crippen LogP contribution >= 0.6 is 28.3 Å². The van der Waals surface area contributed by atoms with Gasteiger partial charge in [0.25, 0.3) is 0 Å². The lowest BCUT2D eigenvalue weighted by atomic mass is 9.92. The number of benzene rings is 1. The molecule has 0 aliphatic carbocycles. The molecule has 10 heteroatoms. The van der Waals surface area contributed by atoms with Crippen LogP contribution in [-0.4, -0.2) is 31.1 Å². The van der Waals surface area contributed by atoms with Gasteiger partial charge in [-0.05, 0) is 24.6 Å². The van der Waals surface area contributed by atoms with E-state index in [-0.39, 0.29) is 12.4 Å². The highest BCUT2D eigenvalue weighted by Gasteiger charge is 2.31. The van der Waals surface area contributed by atoms with Crippen molar-refractivity contribution < 1.29 is 22.8 Å². The van der Waals surface area contributed by atoms with E-state index in [0.29, 0.717) is 5.56 Å². The third-order valence-electron chi connectivity index (χ3n) is 2.81. The molecule has 1 unspecified atom stereocenters. The van der Waals surface area contributed by atoms with Crippen LogP contribution in [0.4, 0.5) is 13.2 Å². The van der Waals surface area contributed by atoms with Gasteiger partial charge in [0.1, 0.15) is 12.1 Å². The van der Waals surface area contributed by atoms with Crippen molar-refractivity contribution in [2.45, 2.75) is 18.6 Å². The van der Waals surface area contributed by atoms with Gasteiger partial charge in [0.15, 0.2) is 0 Å². The van der Waals surface area contributed by atoms with Crippen molar-refractivity contribution in [1.82, 2.24) is 10.6 Å². The molecule has 0 spiro atoms. The SMILES string of the molecule is CC(N)(C(=O)NCC(=O)NCC(F)(F)F)c1ccc(Br)cc1.Cl. The van der Waals surface area contributed by atoms with E-state index in [1.807, 2.05) is 0 Å². The van der Waals surface area contributed by atoms with Crippen LogP contribution in [0.25, 0.3) is 0 Å². The Hall–Kier alpha value is -1.32. The molecule has 1 atom stereocenters. The molecular weight excluding hydrogens is 403 g/mol. The molecule has 5 nitrogen and oxygen atoms in total. The number of alkyl halides is 3. The van der Waals surface area contributed by atoms with Crippen molar-refractivity contribution in [2.75, 3.05) is 13.1 Å². The number of halogens is 5. The van der Waals surface area contributed by atoms with E-state index in [4.69, 9.17) is 5.73 Å². The summed E-state index contributed by atoms with van der Waals surface area (Å²) in [4.78, 5) is 23.2. The highest BCUT2D eigenvalue weighted by atomic mass is 79.9. The zero-order valence-corrected chi connectivity index (χ0v) is 14.4. The van der Waals surface area contributed by atoms with Gasteiger partial charge < -0.3 is 16.4 Å². The lowest BCUT2D eigenvalue weighted by molar-refractivity contribution is -0.138. The summed E-state index contributed by atoms with van der Waals surface area (Å²) >= 11 is 3.25. The quantitative estimate of drug-likeness (QED) is 0.682. The number of nitrogens with two attached hydrogens (primary N) is 1. The molecule has 0 aliphatic rings. The number of amides is 2. The molecule has 0 saturated carbocycles. The first kappa shape index (κ1) is 21.7. The van der Waals surface area contributed by atoms with E-state index in [9.17, 15) is 22.8 Å². The Balaban J connectivity index is 0.00000484. The molecule has 0 bridgehead atoms. The Bertz CT molecular complexity index is 550. The molecule has 23 heavy (non-hydrogen) atoms. The van der Waals surface area contributed by atoms with Crippen LogP contribution in [0.5, 0.6) is 0 Å². The van der Waals surface area contributed by atoms with E-state index in [1.54, 1.807) is 29.6 Å². The monoisotopic (exact) mass is 417 g/mol. The lowest BCUT2D eigenvalue weighted by Gasteiger charge is -2.24. The summed E-state index contributed by atoms with van der Waals surface area (Å²) in [5.74, 6) is -1.62. The molecule has 0 aromatic heterocycles. The minimum absolute atomic E-state index is 0. The summed E-state index contributed by atoms with van der Waals surface area (Å²) in [6.45, 7) is -0.592. The predicted octanol–water partition coefficient (Wildman–Crippen LogP) is 1.84.